The third-order valence-electron chi connectivity index (χ3n) is 1.89. The number of carbonyl (C=O) groups is 1. The summed E-state index contributed by atoms with van der Waals surface area (Å²) in [6, 6.07) is 0. The van der Waals surface area contributed by atoms with Crippen LogP contribution in [0, 0.1) is 0 Å². The fraction of sp³-hybridized carbons (Fsp3) is 0.700. The molecule has 96 valence electrons. The van der Waals surface area contributed by atoms with E-state index in [0.29, 0.717) is 13.0 Å². The molecule has 0 saturated carbocycles. The van der Waals surface area contributed by atoms with Gasteiger partial charge in [0, 0.05) is 25.8 Å². The van der Waals surface area contributed by atoms with E-state index >= 15 is 0 Å². The number of aromatic nitrogens is 2. The zero-order valence-electron chi connectivity index (χ0n) is 10.1. The summed E-state index contributed by atoms with van der Waals surface area (Å²) < 4.78 is 5.87. The van der Waals surface area contributed by atoms with Gasteiger partial charge in [0.1, 0.15) is 5.78 Å². The Bertz CT molecular complexity index is 344. The summed E-state index contributed by atoms with van der Waals surface area (Å²) in [7, 11) is 1.66. The number of rotatable bonds is 9. The van der Waals surface area contributed by atoms with Crippen molar-refractivity contribution in [3.05, 3.63) is 0 Å². The number of nitrogens with zero attached hydrogens (tertiary/aromatic N) is 2. The van der Waals surface area contributed by atoms with E-state index in [4.69, 9.17) is 4.74 Å². The molecular weight excluding hydrogens is 258 g/mol. The van der Waals surface area contributed by atoms with Crippen LogP contribution in [0.4, 0.5) is 5.13 Å². The number of hydrogen-bond donors (Lipinski definition) is 1. The number of methoxy groups -OCH3 is 1. The van der Waals surface area contributed by atoms with Crippen LogP contribution in [0.2, 0.25) is 0 Å². The maximum absolute atomic E-state index is 10.7. The highest BCUT2D eigenvalue weighted by Gasteiger charge is 2.04. The lowest BCUT2D eigenvalue weighted by atomic mass is 10.3. The Morgan fingerprint density at radius 3 is 3.06 bits per heavy atom. The number of nitrogens with one attached hydrogen (secondary N) is 1. The van der Waals surface area contributed by atoms with E-state index < -0.39 is 0 Å². The summed E-state index contributed by atoms with van der Waals surface area (Å²) >= 11 is 3.18. The Balaban J connectivity index is 2.18. The van der Waals surface area contributed by atoms with Gasteiger partial charge < -0.3 is 14.8 Å². The van der Waals surface area contributed by atoms with Gasteiger partial charge in [-0.15, -0.1) is 10.2 Å². The van der Waals surface area contributed by atoms with E-state index in [2.05, 4.69) is 15.5 Å². The second-order valence-electron chi connectivity index (χ2n) is 3.45. The number of thioether (sulfide) groups is 1. The number of ketones is 1. The summed E-state index contributed by atoms with van der Waals surface area (Å²) in [6.07, 6.45) is 1.54. The van der Waals surface area contributed by atoms with Gasteiger partial charge in [0.05, 0.1) is 6.61 Å². The fourth-order valence-corrected chi connectivity index (χ4v) is 2.87. The average Bonchev–Trinajstić information content (AvgIpc) is 2.73. The Morgan fingerprint density at radius 2 is 2.35 bits per heavy atom. The predicted molar refractivity (Wildman–Crippen MR) is 70.9 cm³/mol. The minimum atomic E-state index is 0.241. The third-order valence-corrected chi connectivity index (χ3v) is 3.99. The van der Waals surface area contributed by atoms with E-state index in [9.17, 15) is 4.79 Å². The molecule has 1 N–H and O–H groups in total. The zero-order valence-corrected chi connectivity index (χ0v) is 11.7. The van der Waals surface area contributed by atoms with Crippen LogP contribution >= 0.6 is 23.1 Å². The molecule has 0 unspecified atom stereocenters. The molecule has 0 saturated heterocycles. The van der Waals surface area contributed by atoms with E-state index in [1.54, 1.807) is 25.8 Å². The van der Waals surface area contributed by atoms with Crippen molar-refractivity contribution in [2.24, 2.45) is 0 Å². The van der Waals surface area contributed by atoms with Crippen LogP contribution in [0.5, 0.6) is 0 Å². The van der Waals surface area contributed by atoms with Gasteiger partial charge >= 0.3 is 0 Å². The van der Waals surface area contributed by atoms with Crippen LogP contribution in [-0.2, 0) is 9.53 Å². The van der Waals surface area contributed by atoms with Gasteiger partial charge in [-0.1, -0.05) is 23.1 Å². The number of carbonyl (C=O) groups excluding carboxylic acids is 1. The molecular formula is C10H17N3O2S2. The maximum atomic E-state index is 10.7. The van der Waals surface area contributed by atoms with Crippen molar-refractivity contribution in [1.29, 1.82) is 0 Å². The molecule has 0 aromatic carbocycles. The van der Waals surface area contributed by atoms with Gasteiger partial charge in [-0.05, 0) is 13.3 Å². The van der Waals surface area contributed by atoms with Crippen molar-refractivity contribution in [2.75, 3.05) is 31.3 Å². The van der Waals surface area contributed by atoms with Gasteiger partial charge in [-0.3, -0.25) is 0 Å². The Hall–Kier alpha value is -0.660. The lowest BCUT2D eigenvalue weighted by molar-refractivity contribution is -0.117. The molecule has 17 heavy (non-hydrogen) atoms. The molecule has 0 aliphatic heterocycles. The van der Waals surface area contributed by atoms with Crippen LogP contribution in [0.1, 0.15) is 19.8 Å². The minimum absolute atomic E-state index is 0.241. The minimum Gasteiger partial charge on any atom is -0.383 e. The highest BCUT2D eigenvalue weighted by atomic mass is 32.2. The number of anilines is 1. The molecule has 7 heteroatoms. The van der Waals surface area contributed by atoms with Crippen molar-refractivity contribution >= 4 is 34.0 Å². The Kier molecular flexibility index (Phi) is 7.14. The quantitative estimate of drug-likeness (QED) is 0.550. The van der Waals surface area contributed by atoms with Crippen molar-refractivity contribution in [3.8, 4) is 0 Å². The average molecular weight is 275 g/mol. The van der Waals surface area contributed by atoms with E-state index in [1.807, 2.05) is 0 Å². The van der Waals surface area contributed by atoms with Gasteiger partial charge in [-0.25, -0.2) is 0 Å². The summed E-state index contributed by atoms with van der Waals surface area (Å²) in [5.74, 6) is 1.15. The van der Waals surface area contributed by atoms with Gasteiger partial charge in [0.15, 0.2) is 4.34 Å². The topological polar surface area (TPSA) is 64.1 Å². The van der Waals surface area contributed by atoms with Crippen LogP contribution in [-0.4, -0.2) is 42.0 Å². The van der Waals surface area contributed by atoms with Crippen LogP contribution in [0.15, 0.2) is 4.34 Å². The number of Topliss-reactive ketones (excluding diaryl/α,β-unsaturated/α-hetero) is 1. The van der Waals surface area contributed by atoms with Crippen molar-refractivity contribution in [2.45, 2.75) is 24.1 Å². The van der Waals surface area contributed by atoms with Gasteiger partial charge in [0.2, 0.25) is 5.13 Å². The van der Waals surface area contributed by atoms with Crippen molar-refractivity contribution in [3.63, 3.8) is 0 Å². The first kappa shape index (κ1) is 14.4. The maximum Gasteiger partial charge on any atom is 0.206 e. The first-order chi connectivity index (χ1) is 8.22. The first-order valence-electron chi connectivity index (χ1n) is 5.41. The zero-order chi connectivity index (χ0) is 12.5. The Morgan fingerprint density at radius 1 is 1.53 bits per heavy atom. The molecule has 0 atom stereocenters. The molecule has 0 bridgehead atoms. The smallest absolute Gasteiger partial charge is 0.206 e. The SMILES string of the molecule is COCCNc1nnc(SCCCC(C)=O)s1. The Labute approximate surface area is 109 Å². The lowest BCUT2D eigenvalue weighted by Crippen LogP contribution is -2.06. The van der Waals surface area contributed by atoms with Crippen LogP contribution in [0.3, 0.4) is 0 Å². The second-order valence-corrected chi connectivity index (χ2v) is 5.77. The molecule has 1 heterocycles. The van der Waals surface area contributed by atoms with Crippen LogP contribution in [0.25, 0.3) is 0 Å². The number of hydrogen-bond acceptors (Lipinski definition) is 7. The molecule has 0 aliphatic carbocycles. The monoisotopic (exact) mass is 275 g/mol. The van der Waals surface area contributed by atoms with Gasteiger partial charge in [-0.2, -0.15) is 0 Å². The summed E-state index contributed by atoms with van der Waals surface area (Å²) in [4.78, 5) is 10.7. The first-order valence-corrected chi connectivity index (χ1v) is 7.21. The van der Waals surface area contributed by atoms with Crippen molar-refractivity contribution < 1.29 is 9.53 Å². The van der Waals surface area contributed by atoms with Crippen molar-refractivity contribution in [1.82, 2.24) is 10.2 Å². The van der Waals surface area contributed by atoms with Crippen LogP contribution < -0.4 is 5.32 Å². The largest absolute Gasteiger partial charge is 0.383 e. The van der Waals surface area contributed by atoms with Gasteiger partial charge in [0.25, 0.3) is 0 Å². The second kappa shape index (κ2) is 8.43. The fourth-order valence-electron chi connectivity index (χ4n) is 1.08. The third kappa shape index (κ3) is 6.60. The summed E-state index contributed by atoms with van der Waals surface area (Å²) in [5.41, 5.74) is 0. The van der Waals surface area contributed by atoms with E-state index in [0.717, 1.165) is 28.2 Å². The lowest BCUT2D eigenvalue weighted by Gasteiger charge is -1.98. The molecule has 1 aromatic heterocycles. The summed E-state index contributed by atoms with van der Waals surface area (Å²) in [6.45, 7) is 3.01. The predicted octanol–water partition coefficient (Wildman–Crippen LogP) is 2.06. The standard InChI is InChI=1S/C10H17N3O2S2/c1-8(14)4-3-7-16-10-13-12-9(17-10)11-5-6-15-2/h3-7H2,1-2H3,(H,11,12). The molecule has 0 aliphatic rings. The molecule has 5 nitrogen and oxygen atoms in total. The molecule has 0 spiro atoms. The van der Waals surface area contributed by atoms with E-state index in [1.165, 1.54) is 11.3 Å². The van der Waals surface area contributed by atoms with E-state index in [-0.39, 0.29) is 5.78 Å². The molecule has 1 rings (SSSR count). The molecule has 0 fully saturated rings. The summed E-state index contributed by atoms with van der Waals surface area (Å²) in [5, 5.41) is 12.0. The molecule has 0 radical (unpaired) electrons. The molecule has 0 amide bonds. The highest BCUT2D eigenvalue weighted by Crippen LogP contribution is 2.25. The number of ether oxygens (including phenoxy) is 1. The highest BCUT2D eigenvalue weighted by molar-refractivity contribution is 8.01. The normalized spacial score (nSPS) is 10.5. The molecule has 1 aromatic rings.